The summed E-state index contributed by atoms with van der Waals surface area (Å²) in [6, 6.07) is 16.5. The van der Waals surface area contributed by atoms with Crippen molar-refractivity contribution in [1.82, 2.24) is 10.2 Å². The number of benzene rings is 3. The zero-order valence-electron chi connectivity index (χ0n) is 27.0. The van der Waals surface area contributed by atoms with E-state index in [9.17, 15) is 18.0 Å². The second-order valence-electron chi connectivity index (χ2n) is 11.1. The summed E-state index contributed by atoms with van der Waals surface area (Å²) in [6.07, 6.45) is 1.09. The van der Waals surface area contributed by atoms with Crippen molar-refractivity contribution in [1.29, 1.82) is 0 Å². The Bertz CT molecular complexity index is 1550. The highest BCUT2D eigenvalue weighted by Crippen LogP contribution is 2.33. The molecule has 0 radical (unpaired) electrons. The lowest BCUT2D eigenvalue weighted by Crippen LogP contribution is -2.53. The van der Waals surface area contributed by atoms with E-state index in [4.69, 9.17) is 9.47 Å². The average molecular weight is 624 g/mol. The zero-order valence-corrected chi connectivity index (χ0v) is 27.8. The summed E-state index contributed by atoms with van der Waals surface area (Å²) in [4.78, 5) is 29.3. The van der Waals surface area contributed by atoms with Gasteiger partial charge in [-0.15, -0.1) is 0 Å². The molecule has 9 nitrogen and oxygen atoms in total. The quantitative estimate of drug-likeness (QED) is 0.253. The maximum Gasteiger partial charge on any atom is 0.264 e. The first kappa shape index (κ1) is 34.4. The van der Waals surface area contributed by atoms with Crippen molar-refractivity contribution in [3.05, 3.63) is 82.9 Å². The molecule has 10 heteroatoms. The van der Waals surface area contributed by atoms with Gasteiger partial charge in [0.05, 0.1) is 24.8 Å². The van der Waals surface area contributed by atoms with Crippen molar-refractivity contribution in [2.24, 2.45) is 0 Å². The van der Waals surface area contributed by atoms with E-state index in [0.29, 0.717) is 17.9 Å². The highest BCUT2D eigenvalue weighted by Gasteiger charge is 2.34. The fourth-order valence-corrected chi connectivity index (χ4v) is 6.47. The number of anilines is 1. The summed E-state index contributed by atoms with van der Waals surface area (Å²) in [6.45, 7) is 11.1. The third-order valence-electron chi connectivity index (χ3n) is 7.71. The van der Waals surface area contributed by atoms with Gasteiger partial charge in [-0.3, -0.25) is 13.9 Å². The van der Waals surface area contributed by atoms with E-state index < -0.39 is 28.5 Å². The molecule has 3 rings (SSSR count). The van der Waals surface area contributed by atoms with Crippen LogP contribution in [0.3, 0.4) is 0 Å². The number of ether oxygens (including phenoxy) is 2. The van der Waals surface area contributed by atoms with E-state index in [0.717, 1.165) is 33.0 Å². The molecule has 0 aliphatic rings. The number of sulfonamides is 1. The van der Waals surface area contributed by atoms with Crippen LogP contribution in [0.2, 0.25) is 0 Å². The summed E-state index contributed by atoms with van der Waals surface area (Å²) in [5, 5.41) is 3.01. The van der Waals surface area contributed by atoms with Crippen LogP contribution in [0.25, 0.3) is 0 Å². The number of hydrogen-bond acceptors (Lipinski definition) is 6. The van der Waals surface area contributed by atoms with Crippen LogP contribution >= 0.6 is 0 Å². The molecule has 0 saturated heterocycles. The highest BCUT2D eigenvalue weighted by atomic mass is 32.2. The molecule has 0 aromatic heterocycles. The van der Waals surface area contributed by atoms with Gasteiger partial charge >= 0.3 is 0 Å². The molecule has 238 valence electrons. The van der Waals surface area contributed by atoms with E-state index in [-0.39, 0.29) is 29.1 Å². The lowest BCUT2D eigenvalue weighted by Gasteiger charge is -2.34. The van der Waals surface area contributed by atoms with Crippen molar-refractivity contribution < 1.29 is 27.5 Å². The van der Waals surface area contributed by atoms with E-state index in [2.05, 4.69) is 5.32 Å². The zero-order chi connectivity index (χ0) is 32.6. The van der Waals surface area contributed by atoms with E-state index >= 15 is 0 Å². The SMILES string of the molecule is CC[C@H](C)NC(=O)[C@H](CC)N(Cc1ccccc1C)C(=O)CN(c1cc(C)cc(C)c1)S(=O)(=O)c1ccc(OC)c(OC)c1. The van der Waals surface area contributed by atoms with Crippen molar-refractivity contribution in [3.8, 4) is 11.5 Å². The van der Waals surface area contributed by atoms with Gasteiger partial charge in [0.2, 0.25) is 11.8 Å². The van der Waals surface area contributed by atoms with Gasteiger partial charge in [-0.25, -0.2) is 8.42 Å². The third-order valence-corrected chi connectivity index (χ3v) is 9.48. The van der Waals surface area contributed by atoms with Crippen molar-refractivity contribution in [2.45, 2.75) is 77.9 Å². The van der Waals surface area contributed by atoms with Crippen LogP contribution in [-0.4, -0.2) is 58.0 Å². The fraction of sp³-hybridized carbons (Fsp3) is 0.412. The molecule has 0 spiro atoms. The van der Waals surface area contributed by atoms with Gasteiger partial charge < -0.3 is 19.7 Å². The third kappa shape index (κ3) is 8.11. The molecule has 0 aliphatic carbocycles. The fourth-order valence-electron chi connectivity index (χ4n) is 5.06. The molecule has 2 amide bonds. The normalized spacial score (nSPS) is 12.6. The lowest BCUT2D eigenvalue weighted by molar-refractivity contribution is -0.140. The number of nitrogens with zero attached hydrogens (tertiary/aromatic N) is 2. The number of amides is 2. The number of carbonyl (C=O) groups excluding carboxylic acids is 2. The van der Waals surface area contributed by atoms with Gasteiger partial charge in [0.1, 0.15) is 12.6 Å². The van der Waals surface area contributed by atoms with Crippen LogP contribution in [0.5, 0.6) is 11.5 Å². The Morgan fingerprint density at radius 1 is 0.864 bits per heavy atom. The smallest absolute Gasteiger partial charge is 0.264 e. The molecule has 0 bridgehead atoms. The Labute approximate surface area is 262 Å². The molecule has 2 atom stereocenters. The summed E-state index contributed by atoms with van der Waals surface area (Å²) >= 11 is 0. The Balaban J connectivity index is 2.15. The average Bonchev–Trinajstić information content (AvgIpc) is 2.99. The van der Waals surface area contributed by atoms with E-state index in [1.807, 2.05) is 71.9 Å². The van der Waals surface area contributed by atoms with Crippen LogP contribution in [-0.2, 0) is 26.2 Å². The number of hydrogen-bond donors (Lipinski definition) is 1. The van der Waals surface area contributed by atoms with Crippen LogP contribution in [0.4, 0.5) is 5.69 Å². The summed E-state index contributed by atoms with van der Waals surface area (Å²) < 4.78 is 40.5. The Hall–Kier alpha value is -4.05. The van der Waals surface area contributed by atoms with E-state index in [1.165, 1.54) is 37.3 Å². The lowest BCUT2D eigenvalue weighted by atomic mass is 10.1. The molecule has 44 heavy (non-hydrogen) atoms. The molecule has 1 N–H and O–H groups in total. The van der Waals surface area contributed by atoms with Crippen LogP contribution < -0.4 is 19.1 Å². The van der Waals surface area contributed by atoms with Crippen LogP contribution in [0.1, 0.15) is 55.9 Å². The predicted octanol–water partition coefficient (Wildman–Crippen LogP) is 5.55. The molecule has 0 unspecified atom stereocenters. The summed E-state index contributed by atoms with van der Waals surface area (Å²) in [7, 11) is -1.38. The maximum absolute atomic E-state index is 14.4. The van der Waals surface area contributed by atoms with Crippen LogP contribution in [0.15, 0.2) is 65.6 Å². The standard InChI is InChI=1S/C34H45N3O6S/c1-9-26(6)35-34(39)30(10-2)36(21-27-14-12-11-13-25(27)5)33(38)22-37(28-18-23(3)17-24(4)19-28)44(40,41)29-15-16-31(42-7)32(20-29)43-8/h11-20,26,30H,9-10,21-22H2,1-8H3,(H,35,39)/t26-,30-/m0/s1. The molecule has 0 saturated carbocycles. The van der Waals surface area contributed by atoms with Crippen molar-refractivity contribution in [2.75, 3.05) is 25.1 Å². The highest BCUT2D eigenvalue weighted by molar-refractivity contribution is 7.92. The monoisotopic (exact) mass is 623 g/mol. The summed E-state index contributed by atoms with van der Waals surface area (Å²) in [5.41, 5.74) is 3.87. The number of rotatable bonds is 14. The van der Waals surface area contributed by atoms with Gasteiger partial charge in [-0.2, -0.15) is 0 Å². The second-order valence-corrected chi connectivity index (χ2v) is 12.9. The predicted molar refractivity (Wildman–Crippen MR) is 174 cm³/mol. The van der Waals surface area contributed by atoms with Gasteiger partial charge in [-0.05, 0) is 87.1 Å². The Kier molecular flexibility index (Phi) is 11.8. The number of nitrogens with one attached hydrogen (secondary N) is 1. The topological polar surface area (TPSA) is 105 Å². The maximum atomic E-state index is 14.4. The number of methoxy groups -OCH3 is 2. The first-order chi connectivity index (χ1) is 20.9. The molecule has 0 fully saturated rings. The minimum atomic E-state index is -4.28. The second kappa shape index (κ2) is 15.1. The van der Waals surface area contributed by atoms with Gasteiger partial charge in [0.25, 0.3) is 10.0 Å². The Morgan fingerprint density at radius 3 is 2.07 bits per heavy atom. The van der Waals surface area contributed by atoms with Gasteiger partial charge in [0, 0.05) is 18.7 Å². The van der Waals surface area contributed by atoms with E-state index in [1.54, 1.807) is 12.1 Å². The van der Waals surface area contributed by atoms with Gasteiger partial charge in [-0.1, -0.05) is 44.2 Å². The minimum absolute atomic E-state index is 0.0610. The first-order valence-electron chi connectivity index (χ1n) is 14.8. The molecular formula is C34H45N3O6S. The summed E-state index contributed by atoms with van der Waals surface area (Å²) in [5.74, 6) is -0.149. The van der Waals surface area contributed by atoms with Crippen molar-refractivity contribution in [3.63, 3.8) is 0 Å². The first-order valence-corrected chi connectivity index (χ1v) is 16.3. The van der Waals surface area contributed by atoms with Crippen LogP contribution in [0, 0.1) is 20.8 Å². The molecular weight excluding hydrogens is 578 g/mol. The van der Waals surface area contributed by atoms with Gasteiger partial charge in [0.15, 0.2) is 11.5 Å². The Morgan fingerprint density at radius 2 is 1.50 bits per heavy atom. The largest absolute Gasteiger partial charge is 0.493 e. The number of carbonyl (C=O) groups is 2. The van der Waals surface area contributed by atoms with Crippen molar-refractivity contribution >= 4 is 27.5 Å². The minimum Gasteiger partial charge on any atom is -0.493 e. The molecule has 3 aromatic carbocycles. The molecule has 3 aromatic rings. The molecule has 0 heterocycles. The molecule has 0 aliphatic heterocycles. The number of aryl methyl sites for hydroxylation is 3.